The lowest BCUT2D eigenvalue weighted by Crippen LogP contribution is -2.39. The molecule has 2 heterocycles. The van der Waals surface area contributed by atoms with Crippen LogP contribution in [0.4, 0.5) is 0 Å². The van der Waals surface area contributed by atoms with Crippen LogP contribution in [0, 0.1) is 0 Å². The Bertz CT molecular complexity index is 461. The van der Waals surface area contributed by atoms with Crippen molar-refractivity contribution in [3.05, 3.63) is 30.1 Å². The molecule has 2 rings (SSSR count). The summed E-state index contributed by atoms with van der Waals surface area (Å²) in [4.78, 5) is 4.17. The average molecular weight is 256 g/mol. The van der Waals surface area contributed by atoms with Gasteiger partial charge in [0.25, 0.3) is 0 Å². The zero-order chi connectivity index (χ0) is 12.3. The molecule has 2 N–H and O–H groups in total. The van der Waals surface area contributed by atoms with Crippen LogP contribution in [0.2, 0.25) is 0 Å². The highest BCUT2D eigenvalue weighted by Gasteiger charge is 2.35. The lowest BCUT2D eigenvalue weighted by Gasteiger charge is -2.14. The molecule has 1 aliphatic rings. The Hall–Kier alpha value is -0.980. The summed E-state index contributed by atoms with van der Waals surface area (Å²) in [6.45, 7) is 0.619. The molecule has 0 aliphatic carbocycles. The molecule has 0 saturated carbocycles. The first-order valence-corrected chi connectivity index (χ1v) is 7.41. The zero-order valence-corrected chi connectivity index (χ0v) is 10.2. The van der Waals surface area contributed by atoms with Gasteiger partial charge < -0.3 is 10.4 Å². The quantitative estimate of drug-likeness (QED) is 0.750. The van der Waals surface area contributed by atoms with Crippen molar-refractivity contribution in [2.24, 2.45) is 0 Å². The van der Waals surface area contributed by atoms with Gasteiger partial charge in [0, 0.05) is 30.9 Å². The van der Waals surface area contributed by atoms with Gasteiger partial charge in [-0.25, -0.2) is 8.42 Å². The van der Waals surface area contributed by atoms with E-state index in [1.54, 1.807) is 6.20 Å². The van der Waals surface area contributed by atoms with Gasteiger partial charge in [-0.15, -0.1) is 0 Å². The maximum atomic E-state index is 11.3. The number of nitrogens with one attached hydrogen (secondary N) is 1. The van der Waals surface area contributed by atoms with Crippen LogP contribution in [0.1, 0.15) is 5.69 Å². The summed E-state index contributed by atoms with van der Waals surface area (Å²) in [7, 11) is -3.07. The minimum atomic E-state index is -3.07. The molecule has 6 heteroatoms. The van der Waals surface area contributed by atoms with Crippen LogP contribution in [-0.2, 0) is 16.3 Å². The second kappa shape index (κ2) is 5.12. The molecule has 5 nitrogen and oxygen atoms in total. The van der Waals surface area contributed by atoms with E-state index in [2.05, 4.69) is 10.3 Å². The van der Waals surface area contributed by atoms with Crippen molar-refractivity contribution in [2.45, 2.75) is 18.6 Å². The molecule has 1 aromatic rings. The van der Waals surface area contributed by atoms with Crippen LogP contribution < -0.4 is 5.32 Å². The van der Waals surface area contributed by atoms with Gasteiger partial charge in [0.05, 0.1) is 17.6 Å². The molecule has 17 heavy (non-hydrogen) atoms. The van der Waals surface area contributed by atoms with Crippen molar-refractivity contribution in [1.82, 2.24) is 10.3 Å². The predicted octanol–water partition coefficient (Wildman–Crippen LogP) is -0.628. The smallest absolute Gasteiger partial charge is 0.154 e. The van der Waals surface area contributed by atoms with E-state index >= 15 is 0 Å². The summed E-state index contributed by atoms with van der Waals surface area (Å²) in [6.07, 6.45) is 1.66. The second-order valence-electron chi connectivity index (χ2n) is 4.28. The number of aromatic nitrogens is 1. The van der Waals surface area contributed by atoms with Gasteiger partial charge in [-0.2, -0.15) is 0 Å². The van der Waals surface area contributed by atoms with E-state index in [0.29, 0.717) is 6.54 Å². The molecule has 0 bridgehead atoms. The molecule has 0 spiro atoms. The zero-order valence-electron chi connectivity index (χ0n) is 9.41. The van der Waals surface area contributed by atoms with Crippen LogP contribution in [-0.4, -0.2) is 48.7 Å². The average Bonchev–Trinajstić information content (AvgIpc) is 2.53. The maximum Gasteiger partial charge on any atom is 0.154 e. The van der Waals surface area contributed by atoms with Crippen LogP contribution in [0.5, 0.6) is 0 Å². The van der Waals surface area contributed by atoms with E-state index in [1.165, 1.54) is 0 Å². The highest BCUT2D eigenvalue weighted by atomic mass is 32.2. The molecule has 1 fully saturated rings. The van der Waals surface area contributed by atoms with E-state index in [1.807, 2.05) is 18.2 Å². The molecular formula is C11H16N2O3S. The van der Waals surface area contributed by atoms with E-state index in [9.17, 15) is 13.5 Å². The molecule has 1 aromatic heterocycles. The topological polar surface area (TPSA) is 79.3 Å². The van der Waals surface area contributed by atoms with Crippen LogP contribution >= 0.6 is 0 Å². The highest BCUT2D eigenvalue weighted by Crippen LogP contribution is 2.12. The van der Waals surface area contributed by atoms with Crippen molar-refractivity contribution in [1.29, 1.82) is 0 Å². The Kier molecular flexibility index (Phi) is 3.76. The lowest BCUT2D eigenvalue weighted by molar-refractivity contribution is 0.166. The third-order valence-electron chi connectivity index (χ3n) is 2.84. The third kappa shape index (κ3) is 3.49. The molecule has 2 unspecified atom stereocenters. The van der Waals surface area contributed by atoms with E-state index in [-0.39, 0.29) is 17.5 Å². The summed E-state index contributed by atoms with van der Waals surface area (Å²) in [5.74, 6) is -0.107. The molecule has 1 aliphatic heterocycles. The van der Waals surface area contributed by atoms with Crippen molar-refractivity contribution < 1.29 is 13.5 Å². The van der Waals surface area contributed by atoms with Crippen molar-refractivity contribution in [3.8, 4) is 0 Å². The largest absolute Gasteiger partial charge is 0.390 e. The predicted molar refractivity (Wildman–Crippen MR) is 64.4 cm³/mol. The number of sulfone groups is 1. The fraction of sp³-hybridized carbons (Fsp3) is 0.545. The first kappa shape index (κ1) is 12.5. The fourth-order valence-electron chi connectivity index (χ4n) is 1.96. The van der Waals surface area contributed by atoms with Crippen LogP contribution in [0.15, 0.2) is 24.4 Å². The minimum Gasteiger partial charge on any atom is -0.390 e. The van der Waals surface area contributed by atoms with E-state index in [4.69, 9.17) is 0 Å². The van der Waals surface area contributed by atoms with E-state index in [0.717, 1.165) is 12.1 Å². The maximum absolute atomic E-state index is 11.3. The number of hydrogen-bond donors (Lipinski definition) is 2. The molecule has 1 saturated heterocycles. The summed E-state index contributed by atoms with van der Waals surface area (Å²) in [5.41, 5.74) is 0.954. The molecule has 2 atom stereocenters. The van der Waals surface area contributed by atoms with Gasteiger partial charge in [0.1, 0.15) is 0 Å². The standard InChI is InChI=1S/C11H16N2O3S/c14-11-8-17(15,16)7-10(11)13-6-4-9-3-1-2-5-12-9/h1-3,5,10-11,13-14H,4,6-8H2. The van der Waals surface area contributed by atoms with Gasteiger partial charge in [-0.1, -0.05) is 6.07 Å². The van der Waals surface area contributed by atoms with Gasteiger partial charge in [-0.3, -0.25) is 4.98 Å². The Labute approximate surface area is 101 Å². The van der Waals surface area contributed by atoms with Gasteiger partial charge >= 0.3 is 0 Å². The summed E-state index contributed by atoms with van der Waals surface area (Å²) >= 11 is 0. The Morgan fingerprint density at radius 1 is 1.41 bits per heavy atom. The molecule has 94 valence electrons. The number of hydrogen-bond acceptors (Lipinski definition) is 5. The fourth-order valence-corrected chi connectivity index (χ4v) is 3.73. The third-order valence-corrected chi connectivity index (χ3v) is 4.55. The lowest BCUT2D eigenvalue weighted by atomic mass is 10.2. The number of aliphatic hydroxyl groups excluding tert-OH is 1. The van der Waals surface area contributed by atoms with Crippen LogP contribution in [0.3, 0.4) is 0 Å². The molecule has 0 amide bonds. The summed E-state index contributed by atoms with van der Waals surface area (Å²) in [5, 5.41) is 12.6. The van der Waals surface area contributed by atoms with E-state index < -0.39 is 15.9 Å². The van der Waals surface area contributed by atoms with Crippen molar-refractivity contribution in [2.75, 3.05) is 18.1 Å². The number of pyridine rings is 1. The van der Waals surface area contributed by atoms with Gasteiger partial charge in [0.15, 0.2) is 9.84 Å². The van der Waals surface area contributed by atoms with Gasteiger partial charge in [-0.05, 0) is 12.1 Å². The van der Waals surface area contributed by atoms with Crippen LogP contribution in [0.25, 0.3) is 0 Å². The molecule has 0 aromatic carbocycles. The van der Waals surface area contributed by atoms with Gasteiger partial charge in [0.2, 0.25) is 0 Å². The molecular weight excluding hydrogens is 240 g/mol. The summed E-state index contributed by atoms with van der Waals surface area (Å²) in [6, 6.07) is 5.34. The number of nitrogens with zero attached hydrogens (tertiary/aromatic N) is 1. The highest BCUT2D eigenvalue weighted by molar-refractivity contribution is 7.91. The number of rotatable bonds is 4. The summed E-state index contributed by atoms with van der Waals surface area (Å²) < 4.78 is 22.5. The Morgan fingerprint density at radius 3 is 2.82 bits per heavy atom. The number of aliphatic hydroxyl groups is 1. The first-order valence-electron chi connectivity index (χ1n) is 5.58. The first-order chi connectivity index (χ1) is 8.07. The minimum absolute atomic E-state index is 0.0242. The molecule has 0 radical (unpaired) electrons. The monoisotopic (exact) mass is 256 g/mol. The normalized spacial score (nSPS) is 27.1. The Morgan fingerprint density at radius 2 is 2.24 bits per heavy atom. The van der Waals surface area contributed by atoms with Crippen molar-refractivity contribution in [3.63, 3.8) is 0 Å². The second-order valence-corrected chi connectivity index (χ2v) is 6.43. The Balaban J connectivity index is 1.80. The van der Waals surface area contributed by atoms with Crippen molar-refractivity contribution >= 4 is 9.84 Å². The SMILES string of the molecule is O=S1(=O)CC(O)C(NCCc2ccccn2)C1.